The van der Waals surface area contributed by atoms with E-state index in [0.29, 0.717) is 0 Å². The molecule has 4 saturated heterocycles. The van der Waals surface area contributed by atoms with E-state index in [4.69, 9.17) is 42.6 Å². The smallest absolute Gasteiger partial charge is 0.335 e. The number of carboxylic acid groups (broad SMARTS) is 1. The van der Waals surface area contributed by atoms with E-state index < -0.39 is 147 Å². The molecule has 1 amide bonds. The number of carboxylic acids is 1. The fourth-order valence-electron chi connectivity index (χ4n) is 6.33. The first kappa shape index (κ1) is 41.5. The van der Waals surface area contributed by atoms with E-state index in [2.05, 4.69) is 5.32 Å². The second kappa shape index (κ2) is 17.3. The van der Waals surface area contributed by atoms with Crippen molar-refractivity contribution in [2.75, 3.05) is 13.7 Å². The van der Waals surface area contributed by atoms with Gasteiger partial charge >= 0.3 is 11.9 Å². The normalized spacial score (nSPS) is 47.7. The van der Waals surface area contributed by atoms with E-state index >= 15 is 0 Å². The van der Waals surface area contributed by atoms with Crippen molar-refractivity contribution >= 4 is 17.8 Å². The van der Waals surface area contributed by atoms with Gasteiger partial charge in [-0.3, -0.25) is 9.59 Å². The molecule has 4 rings (SSSR count). The van der Waals surface area contributed by atoms with Crippen LogP contribution in [0.3, 0.4) is 0 Å². The Hall–Kier alpha value is -2.23. The number of carbonyl (C=O) groups is 3. The molecule has 10 N–H and O–H groups in total. The monoisotopic (exact) mass is 745 g/mol. The first-order valence-electron chi connectivity index (χ1n) is 16.1. The van der Waals surface area contributed by atoms with Crippen molar-refractivity contribution in [2.45, 2.75) is 150 Å². The van der Waals surface area contributed by atoms with Gasteiger partial charge in [-0.1, -0.05) is 0 Å². The lowest BCUT2D eigenvalue weighted by molar-refractivity contribution is -0.394. The molecule has 0 spiro atoms. The third-order valence-corrected chi connectivity index (χ3v) is 9.02. The zero-order chi connectivity index (χ0) is 38.1. The lowest BCUT2D eigenvalue weighted by Gasteiger charge is -2.50. The van der Waals surface area contributed by atoms with Gasteiger partial charge in [0.1, 0.15) is 67.1 Å². The molecule has 4 heterocycles. The molecule has 4 aliphatic rings. The average molecular weight is 746 g/mol. The van der Waals surface area contributed by atoms with Crippen LogP contribution in [0.2, 0.25) is 0 Å². The fourth-order valence-corrected chi connectivity index (χ4v) is 6.33. The highest BCUT2D eigenvalue weighted by Gasteiger charge is 2.57. The van der Waals surface area contributed by atoms with Crippen molar-refractivity contribution in [1.29, 1.82) is 0 Å². The minimum absolute atomic E-state index is 0.701. The number of hydrogen-bond donors (Lipinski definition) is 10. The molecule has 4 aliphatic heterocycles. The summed E-state index contributed by atoms with van der Waals surface area (Å²) in [6.07, 6.45) is -32.2. The predicted molar refractivity (Wildman–Crippen MR) is 158 cm³/mol. The summed E-state index contributed by atoms with van der Waals surface area (Å²) < 4.78 is 50.9. The van der Waals surface area contributed by atoms with E-state index in [-0.39, 0.29) is 0 Å². The number of aliphatic hydroxyl groups excluding tert-OH is 8. The number of amides is 1. The number of esters is 1. The highest BCUT2D eigenvalue weighted by molar-refractivity contribution is 5.73. The standard InChI is InChI=1S/C29H47NO21/c1-7-13(34)17(38)21(28(44-7)50-22-19(43-5)18(39)26(42)48-23(22)25(40)41)49-29-24(20(46-10(4)33)14(35)8(2)45-29)51-27-12(30-9(3)32)16(37)15(36)11(6-31)47-27/h7-8,11-24,26-29,31,34-39,42H,6H2,1-5H3,(H,30,32)(H,40,41)/t7-,8-,11+,12+,13-,14-,15-,16+,17+,18+,19+,20+,21+,22+,23-,24+,26+,27-,28-,29-/m0/s1. The maximum Gasteiger partial charge on any atom is 0.335 e. The van der Waals surface area contributed by atoms with Crippen molar-refractivity contribution in [1.82, 2.24) is 5.32 Å². The average Bonchev–Trinajstić information content (AvgIpc) is 3.06. The Morgan fingerprint density at radius 3 is 1.76 bits per heavy atom. The Morgan fingerprint density at radius 1 is 0.647 bits per heavy atom. The minimum atomic E-state index is -1.99. The van der Waals surface area contributed by atoms with Crippen molar-refractivity contribution in [2.24, 2.45) is 0 Å². The minimum Gasteiger partial charge on any atom is -0.479 e. The van der Waals surface area contributed by atoms with Crippen LogP contribution in [-0.4, -0.2) is 200 Å². The number of rotatable bonds is 11. The second-order valence-corrected chi connectivity index (χ2v) is 12.7. The van der Waals surface area contributed by atoms with Crippen LogP contribution in [0.15, 0.2) is 0 Å². The fraction of sp³-hybridized carbons (Fsp3) is 0.897. The first-order valence-corrected chi connectivity index (χ1v) is 16.1. The SMILES string of the molecule is CO[C@@H]1[C@@H](O)[C@H](O)O[C@H](C(=O)O)[C@@H]1O[C@@H]1O[C@@H](C)[C@H](O)[C@@H](O)[C@H]1O[C@@H]1O[C@@H](C)[C@H](O)[C@@H](OC(C)=O)[C@H]1O[C@@H]1O[C@H](CO)[C@H](O)[C@H](O)[C@H]1NC(C)=O. The van der Waals surface area contributed by atoms with Gasteiger partial charge < -0.3 is 93.9 Å². The van der Waals surface area contributed by atoms with Crippen LogP contribution in [-0.2, 0) is 57.0 Å². The van der Waals surface area contributed by atoms with Crippen molar-refractivity contribution in [3.05, 3.63) is 0 Å². The summed E-state index contributed by atoms with van der Waals surface area (Å²) in [4.78, 5) is 36.4. The Labute approximate surface area is 290 Å². The zero-order valence-corrected chi connectivity index (χ0v) is 28.2. The number of hydrogen-bond acceptors (Lipinski definition) is 20. The Morgan fingerprint density at radius 2 is 1.22 bits per heavy atom. The molecule has 0 unspecified atom stereocenters. The van der Waals surface area contributed by atoms with Gasteiger partial charge in [-0.25, -0.2) is 4.79 Å². The molecule has 51 heavy (non-hydrogen) atoms. The van der Waals surface area contributed by atoms with E-state index in [1.165, 1.54) is 13.8 Å². The number of methoxy groups -OCH3 is 1. The second-order valence-electron chi connectivity index (χ2n) is 12.7. The van der Waals surface area contributed by atoms with Gasteiger partial charge in [0.25, 0.3) is 0 Å². The number of carbonyl (C=O) groups excluding carboxylic acids is 2. The summed E-state index contributed by atoms with van der Waals surface area (Å²) in [6, 6.07) is -1.52. The predicted octanol–water partition coefficient (Wildman–Crippen LogP) is -6.23. The van der Waals surface area contributed by atoms with Gasteiger partial charge in [0.2, 0.25) is 5.91 Å². The van der Waals surface area contributed by atoms with Crippen LogP contribution in [0.25, 0.3) is 0 Å². The van der Waals surface area contributed by atoms with Crippen molar-refractivity contribution < 1.29 is 103 Å². The van der Waals surface area contributed by atoms with Gasteiger partial charge in [-0.2, -0.15) is 0 Å². The third kappa shape index (κ3) is 8.95. The van der Waals surface area contributed by atoms with Gasteiger partial charge in [0.15, 0.2) is 43.5 Å². The van der Waals surface area contributed by atoms with Crippen LogP contribution < -0.4 is 5.32 Å². The summed E-state index contributed by atoms with van der Waals surface area (Å²) in [7, 11) is 1.09. The molecule has 0 aromatic rings. The topological polar surface area (TPSA) is 328 Å². The van der Waals surface area contributed by atoms with Crippen LogP contribution in [0.5, 0.6) is 0 Å². The van der Waals surface area contributed by atoms with Gasteiger partial charge in [-0.05, 0) is 13.8 Å². The lowest BCUT2D eigenvalue weighted by Crippen LogP contribution is -2.69. The lowest BCUT2D eigenvalue weighted by atomic mass is 9.95. The number of ether oxygens (including phenoxy) is 9. The van der Waals surface area contributed by atoms with Gasteiger partial charge in [0.05, 0.1) is 18.8 Å². The van der Waals surface area contributed by atoms with Crippen LogP contribution in [0.4, 0.5) is 0 Å². The van der Waals surface area contributed by atoms with Crippen molar-refractivity contribution in [3.63, 3.8) is 0 Å². The summed E-state index contributed by atoms with van der Waals surface area (Å²) in [6.45, 7) is 3.99. The van der Waals surface area contributed by atoms with Gasteiger partial charge in [-0.15, -0.1) is 0 Å². The molecule has 294 valence electrons. The number of nitrogens with one attached hydrogen (secondary N) is 1. The van der Waals surface area contributed by atoms with E-state index in [1.807, 2.05) is 0 Å². The molecule has 4 fully saturated rings. The van der Waals surface area contributed by atoms with E-state index in [1.54, 1.807) is 0 Å². The summed E-state index contributed by atoms with van der Waals surface area (Å²) in [5, 5.41) is 96.8. The highest BCUT2D eigenvalue weighted by atomic mass is 16.8. The molecule has 0 aromatic heterocycles. The Kier molecular flexibility index (Phi) is 14.1. The molecule has 0 aliphatic carbocycles. The quantitative estimate of drug-likeness (QED) is 0.0879. The summed E-state index contributed by atoms with van der Waals surface area (Å²) in [5.41, 5.74) is 0. The maximum absolute atomic E-state index is 12.2. The third-order valence-electron chi connectivity index (χ3n) is 9.02. The molecule has 20 atom stereocenters. The molecule has 22 heteroatoms. The number of aliphatic hydroxyl groups is 8. The molecular formula is C29H47NO21. The highest BCUT2D eigenvalue weighted by Crippen LogP contribution is 2.36. The largest absolute Gasteiger partial charge is 0.479 e. The molecular weight excluding hydrogens is 698 g/mol. The summed E-state index contributed by atoms with van der Waals surface area (Å²) in [5.74, 6) is -3.25. The maximum atomic E-state index is 12.2. The van der Waals surface area contributed by atoms with E-state index in [9.17, 15) is 60.3 Å². The van der Waals surface area contributed by atoms with E-state index in [0.717, 1.165) is 21.0 Å². The van der Waals surface area contributed by atoms with Crippen LogP contribution in [0, 0.1) is 0 Å². The Bertz CT molecular complexity index is 1200. The van der Waals surface area contributed by atoms with Crippen molar-refractivity contribution in [3.8, 4) is 0 Å². The Balaban J connectivity index is 1.72. The molecule has 0 bridgehead atoms. The molecule has 0 saturated carbocycles. The number of aliphatic carboxylic acids is 1. The van der Waals surface area contributed by atoms with Crippen LogP contribution in [0.1, 0.15) is 27.7 Å². The van der Waals surface area contributed by atoms with Crippen LogP contribution >= 0.6 is 0 Å². The molecule has 0 aromatic carbocycles. The summed E-state index contributed by atoms with van der Waals surface area (Å²) >= 11 is 0. The zero-order valence-electron chi connectivity index (χ0n) is 28.2. The molecule has 0 radical (unpaired) electrons. The molecule has 22 nitrogen and oxygen atoms in total. The van der Waals surface area contributed by atoms with Gasteiger partial charge in [0, 0.05) is 21.0 Å². The first-order chi connectivity index (χ1) is 23.9.